The summed E-state index contributed by atoms with van der Waals surface area (Å²) in [5.74, 6) is -3.06. The minimum absolute atomic E-state index is 0.0218. The summed E-state index contributed by atoms with van der Waals surface area (Å²) in [7, 11) is 0. The fourth-order valence-corrected chi connectivity index (χ4v) is 1.45. The molecule has 0 aromatic heterocycles. The molecule has 0 saturated carbocycles. The van der Waals surface area contributed by atoms with E-state index >= 15 is 0 Å². The second-order valence-corrected chi connectivity index (χ2v) is 3.95. The number of rotatable bonds is 10. The van der Waals surface area contributed by atoms with E-state index in [1.807, 2.05) is 0 Å². The fourth-order valence-electron chi connectivity index (χ4n) is 1.45. The maximum absolute atomic E-state index is 11.3. The third kappa shape index (κ3) is 7.17. The van der Waals surface area contributed by atoms with Crippen LogP contribution in [-0.4, -0.2) is 53.4 Å². The van der Waals surface area contributed by atoms with E-state index in [0.29, 0.717) is 0 Å². The van der Waals surface area contributed by atoms with Crippen molar-refractivity contribution >= 4 is 17.9 Å². The van der Waals surface area contributed by atoms with Crippen molar-refractivity contribution < 1.29 is 29.3 Å². The van der Waals surface area contributed by atoms with E-state index in [-0.39, 0.29) is 19.7 Å². The Bertz CT molecular complexity index is 339. The van der Waals surface area contributed by atoms with Crippen LogP contribution >= 0.6 is 0 Å². The number of carbonyl (C=O) groups excluding carboxylic acids is 1. The maximum atomic E-state index is 11.3. The topological polar surface area (TPSA) is 139 Å². The normalized spacial score (nSPS) is 10.8. The minimum Gasteiger partial charge on any atom is -0.481 e. The lowest BCUT2D eigenvalue weighted by Gasteiger charge is -2.30. The van der Waals surface area contributed by atoms with Gasteiger partial charge in [0.15, 0.2) is 0 Å². The van der Waals surface area contributed by atoms with E-state index < -0.39 is 36.3 Å². The Hall–Kier alpha value is -1.93. The van der Waals surface area contributed by atoms with Crippen LogP contribution in [0.3, 0.4) is 0 Å². The maximum Gasteiger partial charge on any atom is 0.320 e. The van der Waals surface area contributed by atoms with Gasteiger partial charge in [-0.25, -0.2) is 0 Å². The Morgan fingerprint density at radius 1 is 1.26 bits per heavy atom. The van der Waals surface area contributed by atoms with Gasteiger partial charge in [-0.1, -0.05) is 12.7 Å². The molecule has 0 unspecified atom stereocenters. The zero-order chi connectivity index (χ0) is 14.9. The smallest absolute Gasteiger partial charge is 0.320 e. The number of carbonyl (C=O) groups is 3. The molecule has 108 valence electrons. The van der Waals surface area contributed by atoms with E-state index in [0.717, 1.165) is 0 Å². The molecule has 0 fully saturated rings. The molecule has 0 saturated heterocycles. The third-order valence-electron chi connectivity index (χ3n) is 2.34. The summed E-state index contributed by atoms with van der Waals surface area (Å²) in [4.78, 5) is 32.8. The molecule has 19 heavy (non-hydrogen) atoms. The number of aliphatic carboxylic acids is 2. The fraction of sp³-hybridized carbons (Fsp3) is 0.545. The molecule has 0 aromatic rings. The van der Waals surface area contributed by atoms with Gasteiger partial charge in [-0.05, 0) is 0 Å². The molecular weight excluding hydrogens is 256 g/mol. The van der Waals surface area contributed by atoms with Crippen molar-refractivity contribution in [3.05, 3.63) is 12.7 Å². The highest BCUT2D eigenvalue weighted by Crippen LogP contribution is 2.14. The number of carboxylic acids is 2. The molecule has 0 aromatic carbocycles. The van der Waals surface area contributed by atoms with E-state index in [1.54, 1.807) is 0 Å². The minimum atomic E-state index is -1.38. The highest BCUT2D eigenvalue weighted by Gasteiger charge is 2.34. The van der Waals surface area contributed by atoms with Crippen LogP contribution in [0.2, 0.25) is 0 Å². The number of nitrogens with two attached hydrogens (primary N) is 1. The molecule has 0 aliphatic heterocycles. The number of hydrogen-bond acceptors (Lipinski definition) is 6. The largest absolute Gasteiger partial charge is 0.481 e. The highest BCUT2D eigenvalue weighted by molar-refractivity contribution is 5.75. The van der Waals surface area contributed by atoms with E-state index in [2.05, 4.69) is 16.6 Å². The van der Waals surface area contributed by atoms with Crippen LogP contribution in [0.15, 0.2) is 12.7 Å². The highest BCUT2D eigenvalue weighted by atomic mass is 16.5. The van der Waals surface area contributed by atoms with Gasteiger partial charge in [0.25, 0.3) is 0 Å². The number of esters is 1. The Balaban J connectivity index is 4.64. The molecular formula is C11H18N2O6. The monoisotopic (exact) mass is 274 g/mol. The van der Waals surface area contributed by atoms with Crippen LogP contribution in [-0.2, 0) is 19.1 Å². The van der Waals surface area contributed by atoms with Crippen LogP contribution in [0.1, 0.15) is 12.8 Å². The molecule has 5 N–H and O–H groups in total. The molecule has 0 spiro atoms. The van der Waals surface area contributed by atoms with Crippen LogP contribution in [0.4, 0.5) is 0 Å². The van der Waals surface area contributed by atoms with E-state index in [9.17, 15) is 14.4 Å². The summed E-state index contributed by atoms with van der Waals surface area (Å²) in [6.07, 6.45) is 0.359. The summed E-state index contributed by atoms with van der Waals surface area (Å²) in [5, 5.41) is 20.1. The molecule has 0 radical (unpaired) electrons. The predicted octanol–water partition coefficient (Wildman–Crippen LogP) is -1.05. The van der Waals surface area contributed by atoms with Crippen molar-refractivity contribution in [2.75, 3.05) is 19.7 Å². The van der Waals surface area contributed by atoms with Crippen molar-refractivity contribution in [3.8, 4) is 0 Å². The molecule has 0 rings (SSSR count). The quantitative estimate of drug-likeness (QED) is 0.292. The average Bonchev–Trinajstić information content (AvgIpc) is 2.32. The SMILES string of the molecule is C=CCOC(=O)CNC(CN)(CC(=O)O)CC(=O)O. The Labute approximate surface area is 110 Å². The third-order valence-corrected chi connectivity index (χ3v) is 2.34. The standard InChI is InChI=1S/C11H18N2O6/c1-2-3-19-10(18)6-13-11(7-12,4-8(14)15)5-9(16)17/h2,13H,1,3-7,12H2,(H,14,15)(H,16,17). The van der Waals surface area contributed by atoms with Crippen molar-refractivity contribution in [2.24, 2.45) is 5.73 Å². The summed E-state index contributed by atoms with van der Waals surface area (Å²) in [5.41, 5.74) is 4.05. The Kier molecular flexibility index (Phi) is 7.39. The average molecular weight is 274 g/mol. The molecule has 8 nitrogen and oxygen atoms in total. The first-order valence-electron chi connectivity index (χ1n) is 5.50. The second kappa shape index (κ2) is 8.22. The molecule has 8 heteroatoms. The Morgan fingerprint density at radius 2 is 1.79 bits per heavy atom. The van der Waals surface area contributed by atoms with Gasteiger partial charge >= 0.3 is 17.9 Å². The zero-order valence-electron chi connectivity index (χ0n) is 10.4. The summed E-state index contributed by atoms with van der Waals surface area (Å²) in [6.45, 7) is 2.82. The molecule has 0 heterocycles. The molecule has 0 amide bonds. The van der Waals surface area contributed by atoms with Crippen LogP contribution in [0.25, 0.3) is 0 Å². The van der Waals surface area contributed by atoms with Gasteiger partial charge in [-0.2, -0.15) is 0 Å². The van der Waals surface area contributed by atoms with Gasteiger partial charge < -0.3 is 20.7 Å². The first-order chi connectivity index (χ1) is 8.85. The van der Waals surface area contributed by atoms with Crippen LogP contribution < -0.4 is 11.1 Å². The lowest BCUT2D eigenvalue weighted by molar-refractivity contribution is -0.145. The van der Waals surface area contributed by atoms with Crippen molar-refractivity contribution in [1.82, 2.24) is 5.32 Å². The molecule has 0 aliphatic rings. The first kappa shape index (κ1) is 17.1. The van der Waals surface area contributed by atoms with Crippen molar-refractivity contribution in [1.29, 1.82) is 0 Å². The zero-order valence-corrected chi connectivity index (χ0v) is 10.4. The van der Waals surface area contributed by atoms with Gasteiger partial charge in [0.2, 0.25) is 0 Å². The molecule has 0 aliphatic carbocycles. The number of nitrogens with one attached hydrogen (secondary N) is 1. The summed E-state index contributed by atoms with van der Waals surface area (Å²) < 4.78 is 4.69. The van der Waals surface area contributed by atoms with Crippen molar-refractivity contribution in [3.63, 3.8) is 0 Å². The van der Waals surface area contributed by atoms with Gasteiger partial charge in [0.1, 0.15) is 6.61 Å². The van der Waals surface area contributed by atoms with Crippen LogP contribution in [0, 0.1) is 0 Å². The summed E-state index contributed by atoms with van der Waals surface area (Å²) >= 11 is 0. The number of ether oxygens (including phenoxy) is 1. The van der Waals surface area contributed by atoms with Gasteiger partial charge in [0, 0.05) is 6.54 Å². The van der Waals surface area contributed by atoms with Crippen LogP contribution in [0.5, 0.6) is 0 Å². The molecule has 0 atom stereocenters. The van der Waals surface area contributed by atoms with E-state index in [4.69, 9.17) is 15.9 Å². The predicted molar refractivity (Wildman–Crippen MR) is 65.4 cm³/mol. The van der Waals surface area contributed by atoms with E-state index in [1.165, 1.54) is 6.08 Å². The first-order valence-corrected chi connectivity index (χ1v) is 5.50. The summed E-state index contributed by atoms with van der Waals surface area (Å²) in [6, 6.07) is 0. The molecule has 0 bridgehead atoms. The second-order valence-electron chi connectivity index (χ2n) is 3.95. The van der Waals surface area contributed by atoms with Gasteiger partial charge in [0.05, 0.1) is 24.9 Å². The lowest BCUT2D eigenvalue weighted by Crippen LogP contribution is -2.55. The number of carboxylic acid groups (broad SMARTS) is 2. The van der Waals surface area contributed by atoms with Gasteiger partial charge in [-0.15, -0.1) is 0 Å². The lowest BCUT2D eigenvalue weighted by atomic mass is 9.91. The van der Waals surface area contributed by atoms with Crippen molar-refractivity contribution in [2.45, 2.75) is 18.4 Å². The number of hydrogen-bond donors (Lipinski definition) is 4. The van der Waals surface area contributed by atoms with Gasteiger partial charge in [-0.3, -0.25) is 19.7 Å². The Morgan fingerprint density at radius 3 is 2.16 bits per heavy atom.